The molecule has 140 valence electrons. The summed E-state index contributed by atoms with van der Waals surface area (Å²) in [6, 6.07) is 4.10. The van der Waals surface area contributed by atoms with Crippen molar-refractivity contribution in [1.82, 2.24) is 4.98 Å². The molecular weight excluding hydrogens is 376 g/mol. The van der Waals surface area contributed by atoms with Crippen LogP contribution in [0.4, 0.5) is 16.5 Å². The topological polar surface area (TPSA) is 96.7 Å². The molecule has 1 saturated heterocycles. The molecule has 0 radical (unpaired) electrons. The molecule has 0 bridgehead atoms. The molecule has 0 atom stereocenters. The zero-order valence-electron chi connectivity index (χ0n) is 14.8. The van der Waals surface area contributed by atoms with Gasteiger partial charge in [-0.25, -0.2) is 13.4 Å². The van der Waals surface area contributed by atoms with Gasteiger partial charge in [0, 0.05) is 43.4 Å². The fourth-order valence-electron chi connectivity index (χ4n) is 2.88. The van der Waals surface area contributed by atoms with Gasteiger partial charge in [-0.1, -0.05) is 0 Å². The maximum atomic E-state index is 11.7. The number of hydrogen-bond donors (Lipinski definition) is 0. The Hall–Kier alpha value is -2.20. The Morgan fingerprint density at radius 1 is 1.15 bits per heavy atom. The molecule has 1 aliphatic heterocycles. The molecule has 0 spiro atoms. The molecule has 10 heteroatoms. The number of nitro benzene ring substituents is 1. The lowest BCUT2D eigenvalue weighted by atomic mass is 10.2. The van der Waals surface area contributed by atoms with Crippen molar-refractivity contribution in [2.75, 3.05) is 42.2 Å². The maximum Gasteiger partial charge on any atom is 0.293 e. The number of nitro groups is 1. The van der Waals surface area contributed by atoms with Crippen LogP contribution < -0.4 is 9.80 Å². The van der Waals surface area contributed by atoms with E-state index in [0.29, 0.717) is 31.9 Å². The monoisotopic (exact) mass is 396 g/mol. The van der Waals surface area contributed by atoms with Crippen LogP contribution in [-0.2, 0) is 9.84 Å². The molecule has 0 aliphatic carbocycles. The van der Waals surface area contributed by atoms with Crippen LogP contribution in [-0.4, -0.2) is 50.8 Å². The number of thiazole rings is 1. The molecule has 0 saturated carbocycles. The van der Waals surface area contributed by atoms with Crippen LogP contribution in [0, 0.1) is 24.0 Å². The van der Waals surface area contributed by atoms with Gasteiger partial charge in [-0.2, -0.15) is 0 Å². The zero-order chi connectivity index (χ0) is 19.1. The van der Waals surface area contributed by atoms with E-state index in [0.717, 1.165) is 23.1 Å². The Morgan fingerprint density at radius 3 is 2.27 bits per heavy atom. The number of rotatable bonds is 4. The summed E-state index contributed by atoms with van der Waals surface area (Å²) in [5, 5.41) is 12.4. The average molecular weight is 396 g/mol. The number of hydrogen-bond acceptors (Lipinski definition) is 8. The molecular formula is C16H20N4O4S2. The van der Waals surface area contributed by atoms with Crippen LogP contribution in [0.2, 0.25) is 0 Å². The number of aromatic nitrogens is 1. The first-order valence-electron chi connectivity index (χ1n) is 8.09. The van der Waals surface area contributed by atoms with Crippen LogP contribution in [0.3, 0.4) is 0 Å². The summed E-state index contributed by atoms with van der Waals surface area (Å²) >= 11 is 1.65. The average Bonchev–Trinajstić information content (AvgIpc) is 2.92. The highest BCUT2D eigenvalue weighted by Gasteiger charge is 2.26. The second-order valence-corrected chi connectivity index (χ2v) is 9.49. The van der Waals surface area contributed by atoms with Crippen molar-refractivity contribution in [2.24, 2.45) is 0 Å². The molecule has 2 heterocycles. The molecule has 1 aliphatic rings. The van der Waals surface area contributed by atoms with Gasteiger partial charge in [0.25, 0.3) is 5.69 Å². The van der Waals surface area contributed by atoms with Crippen LogP contribution in [0.15, 0.2) is 23.1 Å². The Bertz CT molecular complexity index is 928. The van der Waals surface area contributed by atoms with Gasteiger partial charge in [-0.05, 0) is 26.0 Å². The summed E-state index contributed by atoms with van der Waals surface area (Å²) in [4.78, 5) is 20.7. The van der Waals surface area contributed by atoms with Crippen molar-refractivity contribution < 1.29 is 13.3 Å². The van der Waals surface area contributed by atoms with E-state index in [1.807, 2.05) is 18.7 Å². The maximum absolute atomic E-state index is 11.7. The van der Waals surface area contributed by atoms with Crippen molar-refractivity contribution >= 4 is 37.7 Å². The van der Waals surface area contributed by atoms with Gasteiger partial charge in [-0.3, -0.25) is 10.1 Å². The van der Waals surface area contributed by atoms with Gasteiger partial charge in [0.2, 0.25) is 0 Å². The zero-order valence-corrected chi connectivity index (χ0v) is 16.4. The largest absolute Gasteiger partial charge is 0.362 e. The van der Waals surface area contributed by atoms with E-state index in [-0.39, 0.29) is 10.6 Å². The highest BCUT2D eigenvalue weighted by atomic mass is 32.2. The minimum Gasteiger partial charge on any atom is -0.362 e. The molecule has 2 aromatic rings. The third kappa shape index (κ3) is 3.65. The molecule has 1 aromatic carbocycles. The van der Waals surface area contributed by atoms with E-state index in [1.54, 1.807) is 11.3 Å². The number of piperazine rings is 1. The number of benzene rings is 1. The molecule has 26 heavy (non-hydrogen) atoms. The summed E-state index contributed by atoms with van der Waals surface area (Å²) in [5.74, 6) is 0. The SMILES string of the molecule is Cc1nc(N2CCN(c3ccc(S(C)(=O)=O)cc3[N+](=O)[O-])CC2)sc1C. The van der Waals surface area contributed by atoms with Crippen LogP contribution >= 0.6 is 11.3 Å². The second kappa shape index (κ2) is 6.84. The third-order valence-electron chi connectivity index (χ3n) is 4.48. The van der Waals surface area contributed by atoms with Crippen molar-refractivity contribution in [3.63, 3.8) is 0 Å². The Kier molecular flexibility index (Phi) is 4.89. The molecule has 1 fully saturated rings. The minimum absolute atomic E-state index is 0.0414. The van der Waals surface area contributed by atoms with E-state index in [4.69, 9.17) is 0 Å². The first kappa shape index (κ1) is 18.6. The lowest BCUT2D eigenvalue weighted by molar-refractivity contribution is -0.384. The number of nitrogens with zero attached hydrogens (tertiary/aromatic N) is 4. The van der Waals surface area contributed by atoms with E-state index in [9.17, 15) is 18.5 Å². The quantitative estimate of drug-likeness (QED) is 0.578. The first-order chi connectivity index (χ1) is 12.2. The molecule has 0 amide bonds. The van der Waals surface area contributed by atoms with Gasteiger partial charge < -0.3 is 9.80 Å². The molecule has 0 unspecified atom stereocenters. The highest BCUT2D eigenvalue weighted by Crippen LogP contribution is 2.33. The van der Waals surface area contributed by atoms with E-state index < -0.39 is 14.8 Å². The molecule has 1 aromatic heterocycles. The van der Waals surface area contributed by atoms with Gasteiger partial charge in [-0.15, -0.1) is 11.3 Å². The molecule has 8 nitrogen and oxygen atoms in total. The number of anilines is 2. The third-order valence-corrected chi connectivity index (χ3v) is 6.72. The molecule has 0 N–H and O–H groups in total. The smallest absolute Gasteiger partial charge is 0.293 e. The second-order valence-electron chi connectivity index (χ2n) is 6.29. The van der Waals surface area contributed by atoms with Crippen LogP contribution in [0.5, 0.6) is 0 Å². The van der Waals surface area contributed by atoms with Gasteiger partial charge in [0.1, 0.15) is 5.69 Å². The van der Waals surface area contributed by atoms with Crippen LogP contribution in [0.1, 0.15) is 10.6 Å². The van der Waals surface area contributed by atoms with Crippen molar-refractivity contribution in [1.29, 1.82) is 0 Å². The summed E-state index contributed by atoms with van der Waals surface area (Å²) in [5.41, 5.74) is 1.30. The number of aryl methyl sites for hydroxylation is 2. The van der Waals surface area contributed by atoms with Gasteiger partial charge in [0.15, 0.2) is 15.0 Å². The normalized spacial score (nSPS) is 15.3. The number of sulfone groups is 1. The summed E-state index contributed by atoms with van der Waals surface area (Å²) < 4.78 is 23.4. The predicted octanol–water partition coefficient (Wildman–Crippen LogP) is 2.40. The summed E-state index contributed by atoms with van der Waals surface area (Å²) in [7, 11) is -3.49. The van der Waals surface area contributed by atoms with Crippen molar-refractivity contribution in [3.8, 4) is 0 Å². The summed E-state index contributed by atoms with van der Waals surface area (Å²) in [6.45, 7) is 6.65. The molecule has 3 rings (SSSR count). The fourth-order valence-corrected chi connectivity index (χ4v) is 4.48. The Balaban J connectivity index is 1.81. The highest BCUT2D eigenvalue weighted by molar-refractivity contribution is 7.90. The standard InChI is InChI=1S/C16H20N4O4S2/c1-11-12(2)25-16(17-11)19-8-6-18(7-9-19)14-5-4-13(26(3,23)24)10-15(14)20(21)22/h4-5,10H,6-9H2,1-3H3. The van der Waals surface area contributed by atoms with E-state index in [2.05, 4.69) is 9.88 Å². The van der Waals surface area contributed by atoms with Gasteiger partial charge >= 0.3 is 0 Å². The van der Waals surface area contributed by atoms with Crippen LogP contribution in [0.25, 0.3) is 0 Å². The summed E-state index contributed by atoms with van der Waals surface area (Å²) in [6.07, 6.45) is 1.04. The van der Waals surface area contributed by atoms with Crippen molar-refractivity contribution in [2.45, 2.75) is 18.7 Å². The Morgan fingerprint density at radius 2 is 1.77 bits per heavy atom. The lowest BCUT2D eigenvalue weighted by Crippen LogP contribution is -2.46. The lowest BCUT2D eigenvalue weighted by Gasteiger charge is -2.35. The van der Waals surface area contributed by atoms with E-state index in [1.165, 1.54) is 17.0 Å². The first-order valence-corrected chi connectivity index (χ1v) is 10.8. The van der Waals surface area contributed by atoms with Crippen molar-refractivity contribution in [3.05, 3.63) is 38.9 Å². The predicted molar refractivity (Wildman–Crippen MR) is 102 cm³/mol. The minimum atomic E-state index is -3.49. The van der Waals surface area contributed by atoms with E-state index >= 15 is 0 Å². The Labute approximate surface area is 156 Å². The fraction of sp³-hybridized carbons (Fsp3) is 0.438. The van der Waals surface area contributed by atoms with Gasteiger partial charge in [0.05, 0.1) is 15.5 Å².